The number of aromatic amines is 1. The summed E-state index contributed by atoms with van der Waals surface area (Å²) in [4.78, 5) is 43.0. The summed E-state index contributed by atoms with van der Waals surface area (Å²) >= 11 is 4.30. The second-order valence-electron chi connectivity index (χ2n) is 6.92. The Morgan fingerprint density at radius 1 is 1.19 bits per heavy atom. The zero-order chi connectivity index (χ0) is 22.7. The van der Waals surface area contributed by atoms with E-state index in [1.165, 1.54) is 19.1 Å². The number of imidazole rings is 1. The molecular weight excluding hydrogens is 420 g/mol. The zero-order valence-electron chi connectivity index (χ0n) is 17.1. The van der Waals surface area contributed by atoms with Gasteiger partial charge < -0.3 is 20.8 Å². The first-order chi connectivity index (χ1) is 14.7. The summed E-state index contributed by atoms with van der Waals surface area (Å²) in [7, 11) is 0. The first-order valence-corrected chi connectivity index (χ1v) is 9.72. The van der Waals surface area contributed by atoms with Crippen LogP contribution in [-0.2, 0) is 4.79 Å². The third-order valence-electron chi connectivity index (χ3n) is 4.08. The van der Waals surface area contributed by atoms with Crippen LogP contribution in [0.2, 0.25) is 0 Å². The molecule has 1 heterocycles. The van der Waals surface area contributed by atoms with E-state index in [-0.39, 0.29) is 29.2 Å². The van der Waals surface area contributed by atoms with Crippen LogP contribution in [0, 0.1) is 0 Å². The second-order valence-corrected chi connectivity index (χ2v) is 7.32. The number of H-pyrrole nitrogens is 1. The molecule has 0 saturated heterocycles. The summed E-state index contributed by atoms with van der Waals surface area (Å²) in [5.41, 5.74) is 7.28. The molecule has 10 nitrogen and oxygen atoms in total. The summed E-state index contributed by atoms with van der Waals surface area (Å²) in [6, 6.07) is 9.01. The Morgan fingerprint density at radius 3 is 2.58 bits per heavy atom. The molecule has 4 amide bonds. The molecule has 0 unspecified atom stereocenters. The van der Waals surface area contributed by atoms with Crippen molar-refractivity contribution in [2.24, 2.45) is 5.73 Å². The van der Waals surface area contributed by atoms with Crippen molar-refractivity contribution >= 4 is 59.0 Å². The molecule has 162 valence electrons. The minimum Gasteiger partial charge on any atom is -0.489 e. The number of nitrogens with two attached hydrogens (primary N) is 1. The number of carbonyl (C=O) groups excluding carboxylic acids is 3. The molecule has 11 heteroatoms. The van der Waals surface area contributed by atoms with Crippen LogP contribution in [-0.4, -0.2) is 33.9 Å². The Labute approximate surface area is 183 Å². The van der Waals surface area contributed by atoms with E-state index in [0.29, 0.717) is 22.5 Å². The summed E-state index contributed by atoms with van der Waals surface area (Å²) < 4.78 is 6.75. The van der Waals surface area contributed by atoms with Gasteiger partial charge in [0.25, 0.3) is 0 Å². The highest BCUT2D eigenvalue weighted by molar-refractivity contribution is 7.82. The molecule has 0 bridgehead atoms. The summed E-state index contributed by atoms with van der Waals surface area (Å²) in [6.45, 7) is 5.03. The quantitative estimate of drug-likeness (QED) is 0.372. The van der Waals surface area contributed by atoms with E-state index in [1.807, 2.05) is 13.8 Å². The number of fused-ring (bicyclic) bond motifs is 1. The van der Waals surface area contributed by atoms with Crippen LogP contribution in [0.15, 0.2) is 36.4 Å². The summed E-state index contributed by atoms with van der Waals surface area (Å²) in [5, 5.41) is 5.28. The molecule has 0 aliphatic heterocycles. The van der Waals surface area contributed by atoms with E-state index >= 15 is 0 Å². The molecule has 0 saturated carbocycles. The van der Waals surface area contributed by atoms with Crippen LogP contribution in [0.5, 0.6) is 5.75 Å². The Bertz CT molecular complexity index is 1160. The van der Waals surface area contributed by atoms with Crippen LogP contribution in [0.3, 0.4) is 0 Å². The average molecular weight is 443 g/mol. The number of urea groups is 1. The lowest BCUT2D eigenvalue weighted by Gasteiger charge is -2.21. The number of anilines is 3. The Kier molecular flexibility index (Phi) is 6.35. The number of aromatic nitrogens is 2. The molecule has 0 aliphatic rings. The molecule has 0 aliphatic carbocycles. The fraction of sp³-hybridized carbons (Fsp3) is 0.200. The maximum Gasteiger partial charge on any atom is 0.336 e. The van der Waals surface area contributed by atoms with Crippen molar-refractivity contribution in [3.8, 4) is 5.75 Å². The number of benzene rings is 2. The number of ether oxygens (including phenoxy) is 1. The zero-order valence-corrected chi connectivity index (χ0v) is 18.0. The molecule has 0 atom stereocenters. The molecule has 31 heavy (non-hydrogen) atoms. The number of thiol groups is 1. The first kappa shape index (κ1) is 22.0. The predicted octanol–water partition coefficient (Wildman–Crippen LogP) is 3.29. The smallest absolute Gasteiger partial charge is 0.336 e. The Balaban J connectivity index is 1.92. The summed E-state index contributed by atoms with van der Waals surface area (Å²) in [6.07, 6.45) is -0.173. The summed E-state index contributed by atoms with van der Waals surface area (Å²) in [5.74, 6) is -0.311. The van der Waals surface area contributed by atoms with E-state index in [2.05, 4.69) is 33.4 Å². The van der Waals surface area contributed by atoms with Crippen molar-refractivity contribution in [2.45, 2.75) is 26.9 Å². The van der Waals surface area contributed by atoms with E-state index in [4.69, 9.17) is 10.5 Å². The van der Waals surface area contributed by atoms with Crippen molar-refractivity contribution in [3.05, 3.63) is 42.0 Å². The number of primary amides is 1. The molecule has 0 radical (unpaired) electrons. The highest BCUT2D eigenvalue weighted by atomic mass is 32.1. The van der Waals surface area contributed by atoms with Gasteiger partial charge in [-0.2, -0.15) is 0 Å². The highest BCUT2D eigenvalue weighted by Gasteiger charge is 2.21. The van der Waals surface area contributed by atoms with Crippen LogP contribution >= 0.6 is 12.8 Å². The number of nitrogens with zero attached hydrogens (tertiary/aromatic N) is 2. The predicted molar refractivity (Wildman–Crippen MR) is 122 cm³/mol. The standard InChI is InChI=1S/C20H22N6O4S/c1-10(2)30-16-8-7-12(18(21)28)9-15(16)26(31)20(29)24-14-6-4-5-13-17(14)25-19(23-13)22-11(3)27/h4-10,31H,1-3H3,(H2,21,28)(H,24,29)(H2,22,23,25,27). The molecule has 2 aromatic carbocycles. The Morgan fingerprint density at radius 2 is 1.94 bits per heavy atom. The van der Waals surface area contributed by atoms with Crippen molar-refractivity contribution in [3.63, 3.8) is 0 Å². The van der Waals surface area contributed by atoms with Crippen molar-refractivity contribution in [1.82, 2.24) is 9.97 Å². The maximum atomic E-state index is 12.9. The molecular formula is C20H22N6O4S. The molecule has 0 fully saturated rings. The van der Waals surface area contributed by atoms with Gasteiger partial charge >= 0.3 is 6.03 Å². The number of rotatable bonds is 6. The van der Waals surface area contributed by atoms with Gasteiger partial charge in [-0.25, -0.2) is 14.1 Å². The fourth-order valence-electron chi connectivity index (χ4n) is 2.83. The third-order valence-corrected chi connectivity index (χ3v) is 4.47. The fourth-order valence-corrected chi connectivity index (χ4v) is 3.03. The van der Waals surface area contributed by atoms with Crippen molar-refractivity contribution in [2.75, 3.05) is 14.9 Å². The Hall–Kier alpha value is -3.73. The highest BCUT2D eigenvalue weighted by Crippen LogP contribution is 2.33. The van der Waals surface area contributed by atoms with E-state index in [0.717, 1.165) is 4.31 Å². The molecule has 1 aromatic heterocycles. The van der Waals surface area contributed by atoms with E-state index < -0.39 is 11.9 Å². The van der Waals surface area contributed by atoms with Crippen LogP contribution in [0.4, 0.5) is 22.1 Å². The number of nitrogens with one attached hydrogen (secondary N) is 3. The van der Waals surface area contributed by atoms with Gasteiger partial charge in [0.1, 0.15) is 11.3 Å². The van der Waals surface area contributed by atoms with Gasteiger partial charge in [0.05, 0.1) is 23.0 Å². The van der Waals surface area contributed by atoms with Gasteiger partial charge in [-0.3, -0.25) is 14.9 Å². The number of hydrogen-bond acceptors (Lipinski definition) is 6. The first-order valence-electron chi connectivity index (χ1n) is 9.32. The third kappa shape index (κ3) is 5.07. The molecule has 3 rings (SSSR count). The number of amides is 4. The van der Waals surface area contributed by atoms with Crippen LogP contribution < -0.4 is 25.4 Å². The van der Waals surface area contributed by atoms with E-state index in [1.54, 1.807) is 24.3 Å². The second kappa shape index (κ2) is 8.96. The van der Waals surface area contributed by atoms with Crippen LogP contribution in [0.1, 0.15) is 31.1 Å². The average Bonchev–Trinajstić information content (AvgIpc) is 3.09. The van der Waals surface area contributed by atoms with Gasteiger partial charge in [-0.05, 0) is 44.2 Å². The van der Waals surface area contributed by atoms with Gasteiger partial charge in [0, 0.05) is 12.5 Å². The number of carbonyl (C=O) groups is 3. The lowest BCUT2D eigenvalue weighted by atomic mass is 10.1. The largest absolute Gasteiger partial charge is 0.489 e. The molecule has 0 spiro atoms. The minimum atomic E-state index is -0.647. The number of hydrogen-bond donors (Lipinski definition) is 5. The van der Waals surface area contributed by atoms with Gasteiger partial charge in [0.2, 0.25) is 17.8 Å². The SMILES string of the molecule is CC(=O)Nc1nc2c(NC(=O)N(S)c3cc(C(N)=O)ccc3OC(C)C)cccc2[nH]1. The van der Waals surface area contributed by atoms with E-state index in [9.17, 15) is 14.4 Å². The molecule has 5 N–H and O–H groups in total. The topological polar surface area (TPSA) is 142 Å². The lowest BCUT2D eigenvalue weighted by molar-refractivity contribution is -0.114. The van der Waals surface area contributed by atoms with Crippen molar-refractivity contribution in [1.29, 1.82) is 0 Å². The van der Waals surface area contributed by atoms with Gasteiger partial charge in [-0.1, -0.05) is 18.9 Å². The minimum absolute atomic E-state index is 0.173. The number of para-hydroxylation sites is 1. The normalized spacial score (nSPS) is 10.7. The maximum absolute atomic E-state index is 12.9. The van der Waals surface area contributed by atoms with Gasteiger partial charge in [-0.15, -0.1) is 0 Å². The molecule has 3 aromatic rings. The van der Waals surface area contributed by atoms with Crippen molar-refractivity contribution < 1.29 is 19.1 Å². The van der Waals surface area contributed by atoms with Gasteiger partial charge in [0.15, 0.2) is 0 Å². The van der Waals surface area contributed by atoms with Crippen LogP contribution in [0.25, 0.3) is 11.0 Å². The monoisotopic (exact) mass is 442 g/mol. The lowest BCUT2D eigenvalue weighted by Crippen LogP contribution is -2.28.